The van der Waals surface area contributed by atoms with Crippen LogP contribution in [0.5, 0.6) is 11.5 Å². The largest absolute Gasteiger partial charge is 0.452 e. The van der Waals surface area contributed by atoms with Crippen molar-refractivity contribution >= 4 is 29.0 Å². The number of halogens is 4. The number of nitrogens with two attached hydrogens (primary N) is 1. The maximum Gasteiger partial charge on any atom is 0.181 e. The van der Waals surface area contributed by atoms with Gasteiger partial charge < -0.3 is 10.5 Å². The lowest BCUT2D eigenvalue weighted by molar-refractivity contribution is 0.461. The van der Waals surface area contributed by atoms with Crippen LogP contribution in [0.2, 0.25) is 10.0 Å². The highest BCUT2D eigenvalue weighted by Gasteiger charge is 2.14. The van der Waals surface area contributed by atoms with Crippen LogP contribution in [0.15, 0.2) is 24.4 Å². The van der Waals surface area contributed by atoms with E-state index in [1.807, 2.05) is 0 Å². The van der Waals surface area contributed by atoms with Crippen molar-refractivity contribution in [1.29, 1.82) is 0 Å². The predicted molar refractivity (Wildman–Crippen MR) is 65.1 cm³/mol. The average molecular weight is 291 g/mol. The highest BCUT2D eigenvalue weighted by molar-refractivity contribution is 6.33. The molecule has 1 aromatic carbocycles. The highest BCUT2D eigenvalue weighted by Crippen LogP contribution is 2.35. The number of anilines is 1. The van der Waals surface area contributed by atoms with E-state index < -0.39 is 16.7 Å². The molecule has 0 aliphatic heterocycles. The zero-order valence-electron chi connectivity index (χ0n) is 8.75. The van der Waals surface area contributed by atoms with E-state index in [1.165, 1.54) is 18.3 Å². The second-order valence-corrected chi connectivity index (χ2v) is 4.10. The van der Waals surface area contributed by atoms with Crippen molar-refractivity contribution in [3.05, 3.63) is 46.1 Å². The third-order valence-electron chi connectivity index (χ3n) is 2.06. The number of pyridine rings is 1. The van der Waals surface area contributed by atoms with Gasteiger partial charge in [0.05, 0.1) is 11.2 Å². The van der Waals surface area contributed by atoms with E-state index in [4.69, 9.17) is 33.7 Å². The topological polar surface area (TPSA) is 48.1 Å². The van der Waals surface area contributed by atoms with Crippen LogP contribution in [0.3, 0.4) is 0 Å². The maximum absolute atomic E-state index is 13.2. The molecule has 0 bridgehead atoms. The number of ether oxygens (including phenoxy) is 1. The summed E-state index contributed by atoms with van der Waals surface area (Å²) in [5, 5.41) is -0.286. The minimum Gasteiger partial charge on any atom is -0.452 e. The smallest absolute Gasteiger partial charge is 0.181 e. The van der Waals surface area contributed by atoms with Gasteiger partial charge in [-0.05, 0) is 12.1 Å². The Hall–Kier alpha value is -1.59. The first-order valence-corrected chi connectivity index (χ1v) is 5.47. The van der Waals surface area contributed by atoms with Gasteiger partial charge in [0.15, 0.2) is 17.4 Å². The van der Waals surface area contributed by atoms with E-state index in [2.05, 4.69) is 4.98 Å². The molecule has 1 aromatic heterocycles. The summed E-state index contributed by atoms with van der Waals surface area (Å²) in [5.41, 5.74) is 5.41. The van der Waals surface area contributed by atoms with Crippen LogP contribution < -0.4 is 10.5 Å². The zero-order chi connectivity index (χ0) is 13.3. The van der Waals surface area contributed by atoms with Gasteiger partial charge in [-0.15, -0.1) is 0 Å². The fourth-order valence-electron chi connectivity index (χ4n) is 1.21. The van der Waals surface area contributed by atoms with Crippen molar-refractivity contribution in [1.82, 2.24) is 4.98 Å². The molecule has 7 heteroatoms. The van der Waals surface area contributed by atoms with Crippen molar-refractivity contribution in [3.63, 3.8) is 0 Å². The van der Waals surface area contributed by atoms with Gasteiger partial charge in [0.1, 0.15) is 16.6 Å². The molecule has 2 N–H and O–H groups in total. The van der Waals surface area contributed by atoms with Crippen LogP contribution in [0.25, 0.3) is 0 Å². The van der Waals surface area contributed by atoms with Crippen LogP contribution in [-0.2, 0) is 0 Å². The number of hydrogen-bond donors (Lipinski definition) is 1. The van der Waals surface area contributed by atoms with Gasteiger partial charge in [0, 0.05) is 6.07 Å². The Morgan fingerprint density at radius 1 is 1.17 bits per heavy atom. The van der Waals surface area contributed by atoms with Gasteiger partial charge in [0.25, 0.3) is 0 Å². The second kappa shape index (κ2) is 4.96. The van der Waals surface area contributed by atoms with Gasteiger partial charge in [-0.25, -0.2) is 13.8 Å². The molecule has 0 saturated heterocycles. The van der Waals surface area contributed by atoms with Crippen molar-refractivity contribution in [2.75, 3.05) is 5.73 Å². The Bertz CT molecular complexity index is 608. The van der Waals surface area contributed by atoms with E-state index >= 15 is 0 Å². The van der Waals surface area contributed by atoms with E-state index in [9.17, 15) is 8.78 Å². The standard InChI is InChI=1S/C11H6Cl2F2N2O/c12-5-3-9(16)17-4-8(5)18-7-2-1-6(14)11(15)10(7)13/h1-4H,(H2,16,17). The minimum absolute atomic E-state index is 0.0657. The molecular formula is C11H6Cl2F2N2O. The molecule has 0 aliphatic rings. The Kier molecular flexibility index (Phi) is 3.54. The van der Waals surface area contributed by atoms with Gasteiger partial charge in [-0.2, -0.15) is 0 Å². The molecule has 0 fully saturated rings. The number of nitrogens with zero attached hydrogens (tertiary/aromatic N) is 1. The van der Waals surface area contributed by atoms with Crippen LogP contribution in [-0.4, -0.2) is 4.98 Å². The molecule has 2 rings (SSSR count). The Morgan fingerprint density at radius 3 is 2.56 bits per heavy atom. The van der Waals surface area contributed by atoms with Gasteiger partial charge in [-0.3, -0.25) is 0 Å². The molecule has 18 heavy (non-hydrogen) atoms. The van der Waals surface area contributed by atoms with E-state index in [0.29, 0.717) is 0 Å². The molecule has 1 heterocycles. The number of hydrogen-bond acceptors (Lipinski definition) is 3. The van der Waals surface area contributed by atoms with E-state index in [1.54, 1.807) is 0 Å². The van der Waals surface area contributed by atoms with Crippen molar-refractivity contribution in [2.24, 2.45) is 0 Å². The third kappa shape index (κ3) is 2.47. The Morgan fingerprint density at radius 2 is 1.89 bits per heavy atom. The lowest BCUT2D eigenvalue weighted by Gasteiger charge is -2.09. The first-order valence-electron chi connectivity index (χ1n) is 4.71. The SMILES string of the molecule is Nc1cc(Cl)c(Oc2ccc(F)c(F)c2Cl)cn1. The maximum atomic E-state index is 13.2. The number of aromatic nitrogens is 1. The van der Waals surface area contributed by atoms with Crippen LogP contribution >= 0.6 is 23.2 Å². The summed E-state index contributed by atoms with van der Waals surface area (Å²) in [6.07, 6.45) is 1.26. The quantitative estimate of drug-likeness (QED) is 0.849. The van der Waals surface area contributed by atoms with Gasteiger partial charge in [0.2, 0.25) is 0 Å². The summed E-state index contributed by atoms with van der Waals surface area (Å²) < 4.78 is 31.3. The van der Waals surface area contributed by atoms with Crippen LogP contribution in [0.4, 0.5) is 14.6 Å². The summed E-state index contributed by atoms with van der Waals surface area (Å²) >= 11 is 11.5. The first kappa shape index (κ1) is 12.9. The average Bonchev–Trinajstić information content (AvgIpc) is 2.33. The minimum atomic E-state index is -1.19. The zero-order valence-corrected chi connectivity index (χ0v) is 10.3. The fraction of sp³-hybridized carbons (Fsp3) is 0. The number of nitrogen functional groups attached to an aromatic ring is 1. The molecule has 0 radical (unpaired) electrons. The summed E-state index contributed by atoms with van der Waals surface area (Å²) in [4.78, 5) is 3.76. The predicted octanol–water partition coefficient (Wildman–Crippen LogP) is 4.04. The van der Waals surface area contributed by atoms with Crippen molar-refractivity contribution in [2.45, 2.75) is 0 Å². The van der Waals surface area contributed by atoms with Gasteiger partial charge in [-0.1, -0.05) is 23.2 Å². The van der Waals surface area contributed by atoms with Crippen LogP contribution in [0.1, 0.15) is 0 Å². The first-order chi connectivity index (χ1) is 8.49. The number of benzene rings is 1. The van der Waals surface area contributed by atoms with Crippen molar-refractivity contribution < 1.29 is 13.5 Å². The lowest BCUT2D eigenvalue weighted by Crippen LogP contribution is -1.94. The monoisotopic (exact) mass is 290 g/mol. The summed E-state index contributed by atoms with van der Waals surface area (Å²) in [6, 6.07) is 3.45. The molecule has 0 unspecified atom stereocenters. The van der Waals surface area contributed by atoms with Crippen molar-refractivity contribution in [3.8, 4) is 11.5 Å². The summed E-state index contributed by atoms with van der Waals surface area (Å²) in [6.45, 7) is 0. The third-order valence-corrected chi connectivity index (χ3v) is 2.71. The molecule has 0 saturated carbocycles. The van der Waals surface area contributed by atoms with Crippen LogP contribution in [0, 0.1) is 11.6 Å². The highest BCUT2D eigenvalue weighted by atomic mass is 35.5. The second-order valence-electron chi connectivity index (χ2n) is 3.32. The van der Waals surface area contributed by atoms with E-state index in [-0.39, 0.29) is 22.3 Å². The molecule has 2 aromatic rings. The molecule has 0 aliphatic carbocycles. The fourth-order valence-corrected chi connectivity index (χ4v) is 1.60. The molecular weight excluding hydrogens is 285 g/mol. The molecule has 94 valence electrons. The lowest BCUT2D eigenvalue weighted by atomic mass is 10.3. The summed E-state index contributed by atoms with van der Waals surface area (Å²) in [7, 11) is 0. The normalized spacial score (nSPS) is 10.4. The van der Waals surface area contributed by atoms with E-state index in [0.717, 1.165) is 6.07 Å². The Balaban J connectivity index is 2.37. The molecule has 0 spiro atoms. The number of rotatable bonds is 2. The summed E-state index contributed by atoms with van der Waals surface area (Å²) in [5.74, 6) is -1.96. The molecule has 0 amide bonds. The molecule has 0 atom stereocenters. The molecule has 3 nitrogen and oxygen atoms in total. The Labute approximate surface area is 111 Å². The van der Waals surface area contributed by atoms with Gasteiger partial charge >= 0.3 is 0 Å².